The Labute approximate surface area is 79.9 Å². The Morgan fingerprint density at radius 3 is 2.92 bits per heavy atom. The SMILES string of the molecule is Cc1cc(-c2cccs2)c[nH]c1=O. The number of aryl methyl sites for hydroxylation is 1. The fourth-order valence-corrected chi connectivity index (χ4v) is 1.90. The summed E-state index contributed by atoms with van der Waals surface area (Å²) in [5, 5.41) is 2.02. The van der Waals surface area contributed by atoms with Crippen LogP contribution in [0, 0.1) is 6.92 Å². The number of aromatic nitrogens is 1. The molecule has 13 heavy (non-hydrogen) atoms. The lowest BCUT2D eigenvalue weighted by atomic mass is 10.2. The zero-order valence-corrected chi connectivity index (χ0v) is 8.02. The number of hydrogen-bond acceptors (Lipinski definition) is 2. The molecule has 0 saturated carbocycles. The third-order valence-corrected chi connectivity index (χ3v) is 2.81. The molecular formula is C10H9NOS. The van der Waals surface area contributed by atoms with E-state index in [1.54, 1.807) is 17.5 Å². The molecule has 66 valence electrons. The number of H-pyrrole nitrogens is 1. The maximum atomic E-state index is 11.1. The number of aromatic amines is 1. The Kier molecular flexibility index (Phi) is 2.02. The Morgan fingerprint density at radius 2 is 2.31 bits per heavy atom. The first kappa shape index (κ1) is 8.26. The van der Waals surface area contributed by atoms with Crippen molar-refractivity contribution in [2.45, 2.75) is 6.92 Å². The monoisotopic (exact) mass is 191 g/mol. The van der Waals surface area contributed by atoms with Crippen LogP contribution >= 0.6 is 11.3 Å². The summed E-state index contributed by atoms with van der Waals surface area (Å²) >= 11 is 1.67. The third-order valence-electron chi connectivity index (χ3n) is 1.89. The van der Waals surface area contributed by atoms with Gasteiger partial charge >= 0.3 is 0 Å². The molecule has 2 aromatic heterocycles. The van der Waals surface area contributed by atoms with Crippen LogP contribution < -0.4 is 5.56 Å². The van der Waals surface area contributed by atoms with Gasteiger partial charge in [0.1, 0.15) is 0 Å². The van der Waals surface area contributed by atoms with Gasteiger partial charge in [-0.05, 0) is 24.4 Å². The summed E-state index contributed by atoms with van der Waals surface area (Å²) in [5.74, 6) is 0. The van der Waals surface area contributed by atoms with Crippen LogP contribution in [0.15, 0.2) is 34.6 Å². The molecule has 0 spiro atoms. The molecule has 0 unspecified atom stereocenters. The van der Waals surface area contributed by atoms with E-state index in [2.05, 4.69) is 4.98 Å². The molecule has 0 bridgehead atoms. The molecule has 1 N–H and O–H groups in total. The van der Waals surface area contributed by atoms with E-state index in [-0.39, 0.29) is 5.56 Å². The van der Waals surface area contributed by atoms with Crippen LogP contribution in [0.3, 0.4) is 0 Å². The Balaban J connectivity index is 2.55. The molecule has 2 heterocycles. The number of pyridine rings is 1. The van der Waals surface area contributed by atoms with Crippen LogP contribution in [0.25, 0.3) is 10.4 Å². The molecule has 0 fully saturated rings. The molecule has 0 aromatic carbocycles. The van der Waals surface area contributed by atoms with E-state index in [0.29, 0.717) is 0 Å². The van der Waals surface area contributed by atoms with Crippen molar-refractivity contribution < 1.29 is 0 Å². The number of rotatable bonds is 1. The highest BCUT2D eigenvalue weighted by molar-refractivity contribution is 7.13. The molecule has 3 heteroatoms. The lowest BCUT2D eigenvalue weighted by Gasteiger charge is -1.97. The first-order valence-corrected chi connectivity index (χ1v) is 4.88. The highest BCUT2D eigenvalue weighted by Crippen LogP contribution is 2.23. The summed E-state index contributed by atoms with van der Waals surface area (Å²) < 4.78 is 0. The Hall–Kier alpha value is -1.35. The average molecular weight is 191 g/mol. The van der Waals surface area contributed by atoms with Crippen LogP contribution in [-0.2, 0) is 0 Å². The number of hydrogen-bond donors (Lipinski definition) is 1. The van der Waals surface area contributed by atoms with Crippen molar-refractivity contribution in [2.24, 2.45) is 0 Å². The Bertz CT molecular complexity index is 456. The summed E-state index contributed by atoms with van der Waals surface area (Å²) in [5.41, 5.74) is 1.82. The van der Waals surface area contributed by atoms with Crippen molar-refractivity contribution in [1.29, 1.82) is 0 Å². The molecule has 2 rings (SSSR count). The molecule has 2 aromatic rings. The van der Waals surface area contributed by atoms with E-state index in [0.717, 1.165) is 11.1 Å². The van der Waals surface area contributed by atoms with E-state index < -0.39 is 0 Å². The second-order valence-corrected chi connectivity index (χ2v) is 3.83. The Morgan fingerprint density at radius 1 is 1.46 bits per heavy atom. The van der Waals surface area contributed by atoms with E-state index in [1.807, 2.05) is 30.5 Å². The summed E-state index contributed by atoms with van der Waals surface area (Å²) in [6, 6.07) is 5.95. The number of nitrogens with one attached hydrogen (secondary N) is 1. The molecule has 0 saturated heterocycles. The van der Waals surface area contributed by atoms with Gasteiger partial charge in [0.25, 0.3) is 5.56 Å². The van der Waals surface area contributed by atoms with Crippen molar-refractivity contribution in [1.82, 2.24) is 4.98 Å². The molecule has 0 radical (unpaired) electrons. The van der Waals surface area contributed by atoms with Crippen LogP contribution in [0.5, 0.6) is 0 Å². The minimum absolute atomic E-state index is 0.0136. The molecule has 2 nitrogen and oxygen atoms in total. The fraction of sp³-hybridized carbons (Fsp3) is 0.100. The zero-order valence-electron chi connectivity index (χ0n) is 7.20. The largest absolute Gasteiger partial charge is 0.328 e. The second kappa shape index (κ2) is 3.18. The topological polar surface area (TPSA) is 32.9 Å². The van der Waals surface area contributed by atoms with Gasteiger partial charge < -0.3 is 4.98 Å². The van der Waals surface area contributed by atoms with Gasteiger partial charge in [-0.25, -0.2) is 0 Å². The molecule has 0 amide bonds. The maximum Gasteiger partial charge on any atom is 0.250 e. The van der Waals surface area contributed by atoms with Gasteiger partial charge in [0.15, 0.2) is 0 Å². The van der Waals surface area contributed by atoms with Crippen LogP contribution in [-0.4, -0.2) is 4.98 Å². The minimum atomic E-state index is -0.0136. The van der Waals surface area contributed by atoms with Gasteiger partial charge in [-0.3, -0.25) is 4.79 Å². The van der Waals surface area contributed by atoms with Gasteiger partial charge in [-0.2, -0.15) is 0 Å². The lowest BCUT2D eigenvalue weighted by molar-refractivity contribution is 1.19. The zero-order chi connectivity index (χ0) is 9.26. The fourth-order valence-electron chi connectivity index (χ4n) is 1.18. The molecule has 0 aliphatic heterocycles. The highest BCUT2D eigenvalue weighted by atomic mass is 32.1. The first-order chi connectivity index (χ1) is 6.27. The first-order valence-electron chi connectivity index (χ1n) is 4.00. The van der Waals surface area contributed by atoms with Gasteiger partial charge in [0.2, 0.25) is 0 Å². The van der Waals surface area contributed by atoms with E-state index in [1.165, 1.54) is 4.88 Å². The van der Waals surface area contributed by atoms with Crippen molar-refractivity contribution in [2.75, 3.05) is 0 Å². The molecule has 0 atom stereocenters. The van der Waals surface area contributed by atoms with Crippen LogP contribution in [0.4, 0.5) is 0 Å². The van der Waals surface area contributed by atoms with E-state index in [4.69, 9.17) is 0 Å². The van der Waals surface area contributed by atoms with E-state index >= 15 is 0 Å². The summed E-state index contributed by atoms with van der Waals surface area (Å²) in [6.07, 6.45) is 1.75. The number of thiophene rings is 1. The van der Waals surface area contributed by atoms with Crippen molar-refractivity contribution in [3.8, 4) is 10.4 Å². The second-order valence-electron chi connectivity index (χ2n) is 2.88. The molecule has 0 aliphatic rings. The van der Waals surface area contributed by atoms with Gasteiger partial charge in [0, 0.05) is 22.2 Å². The normalized spacial score (nSPS) is 10.2. The summed E-state index contributed by atoms with van der Waals surface area (Å²) in [4.78, 5) is 15.0. The van der Waals surface area contributed by atoms with Crippen LogP contribution in [0.1, 0.15) is 5.56 Å². The predicted molar refractivity (Wildman–Crippen MR) is 55.1 cm³/mol. The van der Waals surface area contributed by atoms with Gasteiger partial charge in [0.05, 0.1) is 0 Å². The minimum Gasteiger partial charge on any atom is -0.328 e. The highest BCUT2D eigenvalue weighted by Gasteiger charge is 1.99. The summed E-state index contributed by atoms with van der Waals surface area (Å²) in [6.45, 7) is 1.82. The third kappa shape index (κ3) is 1.55. The quantitative estimate of drug-likeness (QED) is 0.737. The average Bonchev–Trinajstić information content (AvgIpc) is 2.62. The summed E-state index contributed by atoms with van der Waals surface area (Å²) in [7, 11) is 0. The van der Waals surface area contributed by atoms with Crippen LogP contribution in [0.2, 0.25) is 0 Å². The maximum absolute atomic E-state index is 11.1. The van der Waals surface area contributed by atoms with E-state index in [9.17, 15) is 4.79 Å². The molecule has 0 aliphatic carbocycles. The smallest absolute Gasteiger partial charge is 0.250 e. The molecular weight excluding hydrogens is 182 g/mol. The standard InChI is InChI=1S/C10H9NOS/c1-7-5-8(6-11-10(7)12)9-3-2-4-13-9/h2-6H,1H3,(H,11,12). The lowest BCUT2D eigenvalue weighted by Crippen LogP contribution is -2.07. The van der Waals surface area contributed by atoms with Gasteiger partial charge in [-0.15, -0.1) is 11.3 Å². The van der Waals surface area contributed by atoms with Gasteiger partial charge in [-0.1, -0.05) is 6.07 Å². The van der Waals surface area contributed by atoms with Crippen molar-refractivity contribution in [3.05, 3.63) is 45.7 Å². The predicted octanol–water partition coefficient (Wildman–Crippen LogP) is 2.41. The van der Waals surface area contributed by atoms with Crippen molar-refractivity contribution >= 4 is 11.3 Å². The van der Waals surface area contributed by atoms with Crippen molar-refractivity contribution in [3.63, 3.8) is 0 Å².